The lowest BCUT2D eigenvalue weighted by Crippen LogP contribution is -2.32. The summed E-state index contributed by atoms with van der Waals surface area (Å²) in [6, 6.07) is 5.62. The molecule has 0 spiro atoms. The summed E-state index contributed by atoms with van der Waals surface area (Å²) in [7, 11) is 2.04. The average Bonchev–Trinajstić information content (AvgIpc) is 2.39. The van der Waals surface area contributed by atoms with Crippen LogP contribution in [0.4, 0.5) is 5.69 Å². The number of thiocarbonyl (C=S) groups is 1. The summed E-state index contributed by atoms with van der Waals surface area (Å²) in [6.45, 7) is 2.64. The van der Waals surface area contributed by atoms with Gasteiger partial charge in [-0.2, -0.15) is 0 Å². The van der Waals surface area contributed by atoms with Gasteiger partial charge in [-0.15, -0.1) is 0 Å². The van der Waals surface area contributed by atoms with Crippen LogP contribution < -0.4 is 10.6 Å². The molecule has 1 heterocycles. The van der Waals surface area contributed by atoms with Crippen LogP contribution in [0, 0.1) is 5.92 Å². The van der Waals surface area contributed by atoms with Crippen molar-refractivity contribution in [3.63, 3.8) is 0 Å². The number of anilines is 1. The van der Waals surface area contributed by atoms with Crippen molar-refractivity contribution in [3.8, 4) is 0 Å². The van der Waals surface area contributed by atoms with Crippen molar-refractivity contribution in [3.05, 3.63) is 28.8 Å². The first kappa shape index (κ1) is 14.6. The molecule has 0 bridgehead atoms. The number of ether oxygens (including phenoxy) is 1. The van der Waals surface area contributed by atoms with E-state index in [0.29, 0.717) is 15.9 Å². The molecule has 1 aromatic carbocycles. The van der Waals surface area contributed by atoms with E-state index in [1.807, 2.05) is 25.2 Å². The SMILES string of the molecule is CN(CC1CCCOC1)c1cc(Cl)ccc1C(N)=S. The van der Waals surface area contributed by atoms with E-state index in [1.54, 1.807) is 0 Å². The van der Waals surface area contributed by atoms with E-state index in [9.17, 15) is 0 Å². The molecular formula is C14H19ClN2OS. The van der Waals surface area contributed by atoms with Gasteiger partial charge in [0.1, 0.15) is 4.99 Å². The first-order valence-corrected chi connectivity index (χ1v) is 7.25. The van der Waals surface area contributed by atoms with Gasteiger partial charge in [-0.05, 0) is 37.0 Å². The van der Waals surface area contributed by atoms with Gasteiger partial charge < -0.3 is 15.4 Å². The lowest BCUT2D eigenvalue weighted by atomic mass is 10.0. The molecule has 0 amide bonds. The monoisotopic (exact) mass is 298 g/mol. The van der Waals surface area contributed by atoms with Crippen molar-refractivity contribution < 1.29 is 4.74 Å². The van der Waals surface area contributed by atoms with Crippen LogP contribution in [0.15, 0.2) is 18.2 Å². The second kappa shape index (κ2) is 6.55. The molecule has 1 fully saturated rings. The van der Waals surface area contributed by atoms with E-state index in [4.69, 9.17) is 34.3 Å². The number of benzene rings is 1. The minimum Gasteiger partial charge on any atom is -0.389 e. The normalized spacial score (nSPS) is 19.2. The first-order valence-electron chi connectivity index (χ1n) is 6.46. The Bertz CT molecular complexity index is 461. The van der Waals surface area contributed by atoms with Gasteiger partial charge in [0.05, 0.1) is 6.61 Å². The van der Waals surface area contributed by atoms with Crippen molar-refractivity contribution in [2.75, 3.05) is 31.7 Å². The van der Waals surface area contributed by atoms with Crippen LogP contribution in [0.5, 0.6) is 0 Å². The van der Waals surface area contributed by atoms with Gasteiger partial charge in [-0.25, -0.2) is 0 Å². The van der Waals surface area contributed by atoms with Crippen molar-refractivity contribution >= 4 is 34.5 Å². The molecule has 0 aliphatic carbocycles. The predicted octanol–water partition coefficient (Wildman–Crippen LogP) is 2.84. The molecule has 19 heavy (non-hydrogen) atoms. The third kappa shape index (κ3) is 3.81. The Balaban J connectivity index is 2.14. The third-order valence-electron chi connectivity index (χ3n) is 3.42. The molecule has 1 aromatic rings. The van der Waals surface area contributed by atoms with E-state index >= 15 is 0 Å². The second-order valence-corrected chi connectivity index (χ2v) is 5.87. The zero-order valence-corrected chi connectivity index (χ0v) is 12.6. The standard InChI is InChI=1S/C14H19ClN2OS/c1-17(8-10-3-2-6-18-9-10)13-7-11(15)4-5-12(13)14(16)19/h4-5,7,10H,2-3,6,8-9H2,1H3,(H2,16,19). The molecule has 104 valence electrons. The lowest BCUT2D eigenvalue weighted by molar-refractivity contribution is 0.0576. The van der Waals surface area contributed by atoms with Crippen molar-refractivity contribution in [1.29, 1.82) is 0 Å². The number of nitrogens with zero attached hydrogens (tertiary/aromatic N) is 1. The Morgan fingerprint density at radius 2 is 2.37 bits per heavy atom. The maximum absolute atomic E-state index is 6.07. The predicted molar refractivity (Wildman–Crippen MR) is 84.2 cm³/mol. The molecule has 1 aliphatic heterocycles. The van der Waals surface area contributed by atoms with E-state index in [2.05, 4.69) is 4.90 Å². The molecular weight excluding hydrogens is 280 g/mol. The zero-order chi connectivity index (χ0) is 13.8. The molecule has 3 nitrogen and oxygen atoms in total. The highest BCUT2D eigenvalue weighted by molar-refractivity contribution is 7.80. The van der Waals surface area contributed by atoms with Crippen LogP contribution in [0.2, 0.25) is 5.02 Å². The fourth-order valence-electron chi connectivity index (χ4n) is 2.47. The average molecular weight is 299 g/mol. The van der Waals surface area contributed by atoms with Gasteiger partial charge in [-0.1, -0.05) is 23.8 Å². The summed E-state index contributed by atoms with van der Waals surface area (Å²) >= 11 is 11.2. The van der Waals surface area contributed by atoms with Crippen LogP contribution >= 0.6 is 23.8 Å². The maximum Gasteiger partial charge on any atom is 0.106 e. The van der Waals surface area contributed by atoms with Crippen LogP contribution in [0.25, 0.3) is 0 Å². The summed E-state index contributed by atoms with van der Waals surface area (Å²) in [5.41, 5.74) is 7.64. The summed E-state index contributed by atoms with van der Waals surface area (Å²) in [5.74, 6) is 0.553. The lowest BCUT2D eigenvalue weighted by Gasteiger charge is -2.29. The van der Waals surface area contributed by atoms with E-state index in [1.165, 1.54) is 6.42 Å². The molecule has 1 atom stereocenters. The largest absolute Gasteiger partial charge is 0.389 e. The number of nitrogens with two attached hydrogens (primary N) is 1. The summed E-state index contributed by atoms with van der Waals surface area (Å²) in [5, 5.41) is 0.696. The van der Waals surface area contributed by atoms with Crippen LogP contribution in [-0.2, 0) is 4.74 Å². The summed E-state index contributed by atoms with van der Waals surface area (Å²) < 4.78 is 5.52. The molecule has 5 heteroatoms. The number of hydrogen-bond donors (Lipinski definition) is 1. The van der Waals surface area contributed by atoms with Gasteiger partial charge >= 0.3 is 0 Å². The molecule has 0 radical (unpaired) electrons. The van der Waals surface area contributed by atoms with Crippen LogP contribution in [0.1, 0.15) is 18.4 Å². The molecule has 1 unspecified atom stereocenters. The highest BCUT2D eigenvalue weighted by Crippen LogP contribution is 2.26. The van der Waals surface area contributed by atoms with Gasteiger partial charge in [-0.3, -0.25) is 0 Å². The van der Waals surface area contributed by atoms with Crippen LogP contribution in [0.3, 0.4) is 0 Å². The molecule has 0 aromatic heterocycles. The Labute approximate surface area is 124 Å². The van der Waals surface area contributed by atoms with Gasteiger partial charge in [0, 0.05) is 36.5 Å². The first-order chi connectivity index (χ1) is 9.08. The Kier molecular flexibility index (Phi) is 5.02. The van der Waals surface area contributed by atoms with E-state index in [0.717, 1.165) is 37.4 Å². The Morgan fingerprint density at radius 3 is 3.00 bits per heavy atom. The fraction of sp³-hybridized carbons (Fsp3) is 0.500. The van der Waals surface area contributed by atoms with Crippen LogP contribution in [-0.4, -0.2) is 31.8 Å². The molecule has 2 rings (SSSR count). The van der Waals surface area contributed by atoms with Gasteiger partial charge in [0.2, 0.25) is 0 Å². The Morgan fingerprint density at radius 1 is 1.58 bits per heavy atom. The quantitative estimate of drug-likeness (QED) is 0.868. The third-order valence-corrected chi connectivity index (χ3v) is 3.88. The molecule has 0 saturated carbocycles. The second-order valence-electron chi connectivity index (χ2n) is 4.99. The maximum atomic E-state index is 6.07. The number of halogens is 1. The van der Waals surface area contributed by atoms with Crippen molar-refractivity contribution in [1.82, 2.24) is 0 Å². The smallest absolute Gasteiger partial charge is 0.106 e. The highest BCUT2D eigenvalue weighted by atomic mass is 35.5. The topological polar surface area (TPSA) is 38.5 Å². The minimum atomic E-state index is 0.401. The van der Waals surface area contributed by atoms with E-state index < -0.39 is 0 Å². The fourth-order valence-corrected chi connectivity index (χ4v) is 2.80. The van der Waals surface area contributed by atoms with Gasteiger partial charge in [0.15, 0.2) is 0 Å². The van der Waals surface area contributed by atoms with Gasteiger partial charge in [0.25, 0.3) is 0 Å². The molecule has 1 aliphatic rings. The number of hydrogen-bond acceptors (Lipinski definition) is 3. The number of rotatable bonds is 4. The summed E-state index contributed by atoms with van der Waals surface area (Å²) in [6.07, 6.45) is 2.34. The highest BCUT2D eigenvalue weighted by Gasteiger charge is 2.18. The molecule has 1 saturated heterocycles. The summed E-state index contributed by atoms with van der Waals surface area (Å²) in [4.78, 5) is 2.57. The van der Waals surface area contributed by atoms with Crippen molar-refractivity contribution in [2.24, 2.45) is 11.7 Å². The Hall–Kier alpha value is -0.840. The molecule has 2 N–H and O–H groups in total. The zero-order valence-electron chi connectivity index (χ0n) is 11.1. The van der Waals surface area contributed by atoms with Crippen molar-refractivity contribution in [2.45, 2.75) is 12.8 Å². The van der Waals surface area contributed by atoms with E-state index in [-0.39, 0.29) is 0 Å². The minimum absolute atomic E-state index is 0.401.